The van der Waals surface area contributed by atoms with Crippen LogP contribution in [0.3, 0.4) is 0 Å². The zero-order valence-electron chi connectivity index (χ0n) is 14.7. The summed E-state index contributed by atoms with van der Waals surface area (Å²) in [5.74, 6) is -3.85. The summed E-state index contributed by atoms with van der Waals surface area (Å²) in [6.45, 7) is 0.864. The summed E-state index contributed by atoms with van der Waals surface area (Å²) in [6, 6.07) is 6.87. The number of hydrogen-bond acceptors (Lipinski definition) is 3. The number of hydrogen-bond donors (Lipinski definition) is 0. The second-order valence-electron chi connectivity index (χ2n) is 6.80. The van der Waals surface area contributed by atoms with Crippen molar-refractivity contribution in [1.82, 2.24) is 9.88 Å². The van der Waals surface area contributed by atoms with Gasteiger partial charge in [0.2, 0.25) is 5.88 Å². The van der Waals surface area contributed by atoms with Crippen molar-refractivity contribution in [1.29, 1.82) is 0 Å². The predicted molar refractivity (Wildman–Crippen MR) is 90.3 cm³/mol. The quantitative estimate of drug-likeness (QED) is 0.790. The number of carbonyl (C=O) groups excluding carboxylic acids is 1. The van der Waals surface area contributed by atoms with Crippen LogP contribution in [0.2, 0.25) is 0 Å². The highest BCUT2D eigenvalue weighted by Crippen LogP contribution is 2.58. The molecule has 0 N–H and O–H groups in total. The van der Waals surface area contributed by atoms with Crippen LogP contribution in [0, 0.1) is 5.82 Å². The molecule has 26 heavy (non-hydrogen) atoms. The molecule has 0 unspecified atom stereocenters. The lowest BCUT2D eigenvalue weighted by molar-refractivity contribution is -0.0200. The summed E-state index contributed by atoms with van der Waals surface area (Å²) in [7, 11) is 3.24. The number of halogens is 3. The molecule has 1 aromatic carbocycles. The monoisotopic (exact) mass is 364 g/mol. The van der Waals surface area contributed by atoms with Gasteiger partial charge < -0.3 is 9.64 Å². The van der Waals surface area contributed by atoms with Crippen LogP contribution in [0.4, 0.5) is 13.2 Å². The van der Waals surface area contributed by atoms with Crippen LogP contribution < -0.4 is 4.74 Å². The molecule has 7 heteroatoms. The summed E-state index contributed by atoms with van der Waals surface area (Å²) in [6.07, 6.45) is 2.00. The van der Waals surface area contributed by atoms with Gasteiger partial charge in [-0.05, 0) is 36.6 Å². The Labute approximate surface area is 149 Å². The number of benzene rings is 1. The molecule has 138 valence electrons. The Morgan fingerprint density at radius 2 is 1.92 bits per heavy atom. The number of rotatable bonds is 5. The third kappa shape index (κ3) is 3.25. The minimum atomic E-state index is -2.90. The molecule has 0 atom stereocenters. The molecular weight excluding hydrogens is 345 g/mol. The molecule has 1 aliphatic rings. The molecule has 4 nitrogen and oxygen atoms in total. The van der Waals surface area contributed by atoms with Crippen molar-refractivity contribution in [3.05, 3.63) is 53.5 Å². The first-order chi connectivity index (χ1) is 12.1. The Kier molecular flexibility index (Phi) is 4.42. The van der Waals surface area contributed by atoms with E-state index < -0.39 is 17.2 Å². The van der Waals surface area contributed by atoms with E-state index in [1.54, 1.807) is 14.1 Å². The van der Waals surface area contributed by atoms with Gasteiger partial charge in [-0.1, -0.05) is 6.07 Å². The number of alkyl halides is 2. The van der Waals surface area contributed by atoms with Crippen molar-refractivity contribution in [2.75, 3.05) is 14.1 Å². The first kappa shape index (κ1) is 18.2. The van der Waals surface area contributed by atoms with E-state index in [9.17, 15) is 18.0 Å². The topological polar surface area (TPSA) is 42.4 Å². The number of amides is 1. The highest BCUT2D eigenvalue weighted by atomic mass is 19.3. The molecule has 1 amide bonds. The van der Waals surface area contributed by atoms with E-state index in [1.807, 2.05) is 0 Å². The fourth-order valence-electron chi connectivity index (χ4n) is 2.93. The molecule has 3 rings (SSSR count). The second-order valence-corrected chi connectivity index (χ2v) is 6.80. The first-order valence-corrected chi connectivity index (χ1v) is 8.17. The van der Waals surface area contributed by atoms with Gasteiger partial charge >= 0.3 is 0 Å². The Balaban J connectivity index is 1.78. The normalized spacial score (nSPS) is 15.5. The van der Waals surface area contributed by atoms with Gasteiger partial charge in [-0.25, -0.2) is 18.2 Å². The molecule has 1 saturated carbocycles. The molecular formula is C19H19F3N2O2. The molecule has 1 aliphatic carbocycles. The van der Waals surface area contributed by atoms with Gasteiger partial charge in [-0.3, -0.25) is 4.79 Å². The van der Waals surface area contributed by atoms with E-state index in [2.05, 4.69) is 4.98 Å². The lowest BCUT2D eigenvalue weighted by Gasteiger charge is -2.23. The van der Waals surface area contributed by atoms with E-state index in [0.29, 0.717) is 18.4 Å². The van der Waals surface area contributed by atoms with Gasteiger partial charge in [0.05, 0.1) is 11.0 Å². The minimum absolute atomic E-state index is 0.105. The van der Waals surface area contributed by atoms with E-state index >= 15 is 0 Å². The molecule has 1 heterocycles. The molecule has 1 aromatic heterocycles. The SMILES string of the molecule is CN(C)C(=O)c1ccc(Oc2ccc(C3(C(C)(F)F)CC3)cc2F)nc1. The maximum absolute atomic E-state index is 14.3. The van der Waals surface area contributed by atoms with Gasteiger partial charge in [-0.2, -0.15) is 0 Å². The number of pyridine rings is 1. The summed E-state index contributed by atoms with van der Waals surface area (Å²) < 4.78 is 47.3. The third-order valence-electron chi connectivity index (χ3n) is 4.68. The molecule has 0 radical (unpaired) electrons. The molecule has 0 saturated heterocycles. The van der Waals surface area contributed by atoms with Gasteiger partial charge in [0, 0.05) is 33.3 Å². The van der Waals surface area contributed by atoms with Gasteiger partial charge in [0.1, 0.15) is 0 Å². The molecule has 2 aromatic rings. The van der Waals surface area contributed by atoms with Gasteiger partial charge in [-0.15, -0.1) is 0 Å². The van der Waals surface area contributed by atoms with Gasteiger partial charge in [0.15, 0.2) is 11.6 Å². The lowest BCUT2D eigenvalue weighted by atomic mass is 9.90. The van der Waals surface area contributed by atoms with Crippen LogP contribution >= 0.6 is 0 Å². The Morgan fingerprint density at radius 1 is 1.23 bits per heavy atom. The average molecular weight is 364 g/mol. The van der Waals surface area contributed by atoms with Crippen molar-refractivity contribution in [2.24, 2.45) is 0 Å². The maximum Gasteiger partial charge on any atom is 0.254 e. The highest BCUT2D eigenvalue weighted by Gasteiger charge is 2.60. The second kappa shape index (κ2) is 6.30. The number of aromatic nitrogens is 1. The Bertz CT molecular complexity index is 826. The standard InChI is InChI=1S/C19H19F3N2O2/c1-18(21,22)19(8-9-19)13-5-6-15(14(20)10-13)26-16-7-4-12(11-23-16)17(25)24(2)3/h4-7,10-11H,8-9H2,1-3H3. The van der Waals surface area contributed by atoms with Crippen molar-refractivity contribution in [2.45, 2.75) is 31.1 Å². The Hall–Kier alpha value is -2.57. The smallest absolute Gasteiger partial charge is 0.254 e. The van der Waals surface area contributed by atoms with Crippen molar-refractivity contribution in [3.63, 3.8) is 0 Å². The third-order valence-corrected chi connectivity index (χ3v) is 4.68. The zero-order valence-corrected chi connectivity index (χ0v) is 14.7. The van der Waals surface area contributed by atoms with Crippen molar-refractivity contribution < 1.29 is 22.7 Å². The lowest BCUT2D eigenvalue weighted by Crippen LogP contribution is -2.30. The van der Waals surface area contributed by atoms with E-state index in [-0.39, 0.29) is 23.1 Å². The van der Waals surface area contributed by atoms with E-state index in [4.69, 9.17) is 4.74 Å². The number of ether oxygens (including phenoxy) is 1. The molecule has 0 spiro atoms. The largest absolute Gasteiger partial charge is 0.436 e. The number of carbonyl (C=O) groups is 1. The maximum atomic E-state index is 14.3. The Morgan fingerprint density at radius 3 is 2.38 bits per heavy atom. The van der Waals surface area contributed by atoms with Crippen molar-refractivity contribution in [3.8, 4) is 11.6 Å². The molecule has 0 bridgehead atoms. The molecule has 1 fully saturated rings. The summed E-state index contributed by atoms with van der Waals surface area (Å²) in [5.41, 5.74) is -0.632. The van der Waals surface area contributed by atoms with Crippen molar-refractivity contribution >= 4 is 5.91 Å². The number of nitrogens with zero attached hydrogens (tertiary/aromatic N) is 2. The average Bonchev–Trinajstić information content (AvgIpc) is 3.38. The van der Waals surface area contributed by atoms with Gasteiger partial charge in [0.25, 0.3) is 11.8 Å². The van der Waals surface area contributed by atoms with E-state index in [1.165, 1.54) is 35.4 Å². The molecule has 0 aliphatic heterocycles. The minimum Gasteiger partial charge on any atom is -0.436 e. The highest BCUT2D eigenvalue weighted by molar-refractivity contribution is 5.93. The van der Waals surface area contributed by atoms with Crippen LogP contribution in [0.5, 0.6) is 11.6 Å². The predicted octanol–water partition coefficient (Wildman–Crippen LogP) is 4.40. The van der Waals surface area contributed by atoms with Crippen LogP contribution in [-0.4, -0.2) is 35.8 Å². The van der Waals surface area contributed by atoms with Crippen LogP contribution in [0.1, 0.15) is 35.7 Å². The van der Waals surface area contributed by atoms with E-state index in [0.717, 1.165) is 13.0 Å². The van der Waals surface area contributed by atoms with Crippen LogP contribution in [-0.2, 0) is 5.41 Å². The van der Waals surface area contributed by atoms with Crippen LogP contribution in [0.15, 0.2) is 36.5 Å². The first-order valence-electron chi connectivity index (χ1n) is 8.17. The summed E-state index contributed by atoms with van der Waals surface area (Å²) in [4.78, 5) is 17.2. The summed E-state index contributed by atoms with van der Waals surface area (Å²) in [5, 5.41) is 0. The zero-order chi connectivity index (χ0) is 19.1. The summed E-state index contributed by atoms with van der Waals surface area (Å²) >= 11 is 0. The fraction of sp³-hybridized carbons (Fsp3) is 0.368. The van der Waals surface area contributed by atoms with Crippen LogP contribution in [0.25, 0.3) is 0 Å². The fourth-order valence-corrected chi connectivity index (χ4v) is 2.93.